The van der Waals surface area contributed by atoms with E-state index >= 15 is 0 Å². The van der Waals surface area contributed by atoms with Crippen LogP contribution in [0.5, 0.6) is 0 Å². The number of likely N-dealkylation sites (N-methyl/N-ethyl adjacent to an activating group) is 1. The molecule has 21 heavy (non-hydrogen) atoms. The van der Waals surface area contributed by atoms with Gasteiger partial charge in [0.15, 0.2) is 0 Å². The van der Waals surface area contributed by atoms with Crippen molar-refractivity contribution in [3.8, 4) is 0 Å². The molecule has 4 nitrogen and oxygen atoms in total. The average molecular weight is 295 g/mol. The van der Waals surface area contributed by atoms with Gasteiger partial charge in [-0.2, -0.15) is 5.10 Å². The Morgan fingerprint density at radius 1 is 1.24 bits per heavy atom. The van der Waals surface area contributed by atoms with Gasteiger partial charge in [-0.25, -0.2) is 0 Å². The molecule has 1 N–H and O–H groups in total. The maximum Gasteiger partial charge on any atom is 0.0754 e. The summed E-state index contributed by atoms with van der Waals surface area (Å²) in [5, 5.41) is 8.27. The lowest BCUT2D eigenvalue weighted by molar-refractivity contribution is 0.00352. The van der Waals surface area contributed by atoms with Crippen molar-refractivity contribution in [1.82, 2.24) is 15.1 Å². The van der Waals surface area contributed by atoms with Crippen molar-refractivity contribution in [2.45, 2.75) is 73.1 Å². The SMILES string of the molecule is CCNC(Cc1cc(CC)nn1CC)C(OCC)C(C)C. The molecule has 0 bridgehead atoms. The summed E-state index contributed by atoms with van der Waals surface area (Å²) in [4.78, 5) is 0. The fourth-order valence-electron chi connectivity index (χ4n) is 2.88. The Balaban J connectivity index is 2.93. The standard InChI is InChI=1S/C17H33N3O/c1-7-14-11-15(20(9-3)19-14)12-16(18-8-2)17(13(5)6)21-10-4/h11,13,16-18H,7-10,12H2,1-6H3. The summed E-state index contributed by atoms with van der Waals surface area (Å²) in [6.45, 7) is 15.7. The largest absolute Gasteiger partial charge is 0.377 e. The molecule has 0 amide bonds. The zero-order valence-corrected chi connectivity index (χ0v) is 14.6. The molecule has 1 heterocycles. The van der Waals surface area contributed by atoms with E-state index in [9.17, 15) is 0 Å². The second-order valence-corrected chi connectivity index (χ2v) is 5.83. The number of nitrogens with one attached hydrogen (secondary N) is 1. The molecule has 0 aliphatic heterocycles. The lowest BCUT2D eigenvalue weighted by atomic mass is 9.95. The molecule has 2 unspecified atom stereocenters. The lowest BCUT2D eigenvalue weighted by Crippen LogP contribution is -2.46. The number of hydrogen-bond donors (Lipinski definition) is 1. The first kappa shape index (κ1) is 18.2. The van der Waals surface area contributed by atoms with Crippen LogP contribution in [0.4, 0.5) is 0 Å². The minimum absolute atomic E-state index is 0.236. The van der Waals surface area contributed by atoms with E-state index in [-0.39, 0.29) is 6.10 Å². The Hall–Kier alpha value is -0.870. The van der Waals surface area contributed by atoms with Crippen LogP contribution in [0.2, 0.25) is 0 Å². The molecule has 1 rings (SSSR count). The maximum atomic E-state index is 6.00. The highest BCUT2D eigenvalue weighted by Crippen LogP contribution is 2.17. The summed E-state index contributed by atoms with van der Waals surface area (Å²) in [7, 11) is 0. The molecule has 0 fully saturated rings. The van der Waals surface area contributed by atoms with Crippen LogP contribution in [0, 0.1) is 5.92 Å². The van der Waals surface area contributed by atoms with E-state index in [0.29, 0.717) is 12.0 Å². The van der Waals surface area contributed by atoms with Crippen LogP contribution in [-0.4, -0.2) is 35.1 Å². The Bertz CT molecular complexity index is 401. The van der Waals surface area contributed by atoms with Gasteiger partial charge in [-0.3, -0.25) is 4.68 Å². The zero-order valence-electron chi connectivity index (χ0n) is 14.6. The van der Waals surface area contributed by atoms with Crippen LogP contribution >= 0.6 is 0 Å². The minimum atomic E-state index is 0.236. The third kappa shape index (κ3) is 5.11. The van der Waals surface area contributed by atoms with Gasteiger partial charge in [0.25, 0.3) is 0 Å². The van der Waals surface area contributed by atoms with Gasteiger partial charge in [-0.1, -0.05) is 27.7 Å². The van der Waals surface area contributed by atoms with Crippen LogP contribution in [0.15, 0.2) is 6.07 Å². The summed E-state index contributed by atoms with van der Waals surface area (Å²) < 4.78 is 8.14. The Morgan fingerprint density at radius 3 is 2.43 bits per heavy atom. The first-order chi connectivity index (χ1) is 10.1. The maximum absolute atomic E-state index is 6.00. The minimum Gasteiger partial charge on any atom is -0.377 e. The van der Waals surface area contributed by atoms with Crippen LogP contribution in [0.1, 0.15) is 52.9 Å². The average Bonchev–Trinajstić information content (AvgIpc) is 2.86. The van der Waals surface area contributed by atoms with E-state index in [2.05, 4.69) is 62.7 Å². The van der Waals surface area contributed by atoms with E-state index < -0.39 is 0 Å². The molecule has 0 saturated carbocycles. The quantitative estimate of drug-likeness (QED) is 0.721. The molecule has 0 radical (unpaired) electrons. The van der Waals surface area contributed by atoms with Gasteiger partial charge >= 0.3 is 0 Å². The van der Waals surface area contributed by atoms with E-state index in [1.165, 1.54) is 11.4 Å². The Labute approximate surface area is 130 Å². The number of hydrogen-bond acceptors (Lipinski definition) is 3. The van der Waals surface area contributed by atoms with Gasteiger partial charge in [0.2, 0.25) is 0 Å². The van der Waals surface area contributed by atoms with Crippen molar-refractivity contribution in [2.75, 3.05) is 13.2 Å². The second kappa shape index (κ2) is 9.21. The topological polar surface area (TPSA) is 39.1 Å². The van der Waals surface area contributed by atoms with Crippen molar-refractivity contribution in [3.63, 3.8) is 0 Å². The van der Waals surface area contributed by atoms with Crippen LogP contribution in [0.25, 0.3) is 0 Å². The highest BCUT2D eigenvalue weighted by molar-refractivity contribution is 5.12. The Morgan fingerprint density at radius 2 is 1.95 bits per heavy atom. The predicted octanol–water partition coefficient (Wildman–Crippen LogP) is 3.05. The van der Waals surface area contributed by atoms with E-state index in [1.807, 2.05) is 0 Å². The first-order valence-corrected chi connectivity index (χ1v) is 8.47. The summed E-state index contributed by atoms with van der Waals surface area (Å²) >= 11 is 0. The predicted molar refractivity (Wildman–Crippen MR) is 88.7 cm³/mol. The number of aryl methyl sites for hydroxylation is 2. The summed E-state index contributed by atoms with van der Waals surface area (Å²) in [6, 6.07) is 2.58. The third-order valence-electron chi connectivity index (χ3n) is 3.88. The Kier molecular flexibility index (Phi) is 7.97. The van der Waals surface area contributed by atoms with Gasteiger partial charge in [0, 0.05) is 31.3 Å². The van der Waals surface area contributed by atoms with Crippen LogP contribution in [0.3, 0.4) is 0 Å². The highest BCUT2D eigenvalue weighted by atomic mass is 16.5. The summed E-state index contributed by atoms with van der Waals surface area (Å²) in [5.41, 5.74) is 2.49. The van der Waals surface area contributed by atoms with Crippen molar-refractivity contribution < 1.29 is 4.74 Å². The van der Waals surface area contributed by atoms with Crippen molar-refractivity contribution in [2.24, 2.45) is 5.92 Å². The van der Waals surface area contributed by atoms with E-state index in [4.69, 9.17) is 4.74 Å². The van der Waals surface area contributed by atoms with Crippen molar-refractivity contribution in [3.05, 3.63) is 17.5 Å². The molecule has 0 aliphatic rings. The fraction of sp³-hybridized carbons (Fsp3) is 0.824. The summed E-state index contributed by atoms with van der Waals surface area (Å²) in [5.74, 6) is 0.498. The first-order valence-electron chi connectivity index (χ1n) is 8.47. The fourth-order valence-corrected chi connectivity index (χ4v) is 2.88. The lowest BCUT2D eigenvalue weighted by Gasteiger charge is -2.30. The van der Waals surface area contributed by atoms with Crippen LogP contribution in [-0.2, 0) is 24.1 Å². The van der Waals surface area contributed by atoms with Gasteiger partial charge in [0.1, 0.15) is 0 Å². The molecule has 122 valence electrons. The monoisotopic (exact) mass is 295 g/mol. The molecule has 0 saturated heterocycles. The number of nitrogens with zero attached hydrogens (tertiary/aromatic N) is 2. The molecular formula is C17H33N3O. The molecule has 2 atom stereocenters. The highest BCUT2D eigenvalue weighted by Gasteiger charge is 2.25. The number of rotatable bonds is 10. The molecular weight excluding hydrogens is 262 g/mol. The van der Waals surface area contributed by atoms with Gasteiger partial charge in [0.05, 0.1) is 11.8 Å². The number of ether oxygens (including phenoxy) is 1. The molecule has 0 aliphatic carbocycles. The van der Waals surface area contributed by atoms with Gasteiger partial charge in [-0.05, 0) is 38.8 Å². The van der Waals surface area contributed by atoms with Crippen molar-refractivity contribution >= 4 is 0 Å². The van der Waals surface area contributed by atoms with E-state index in [1.54, 1.807) is 0 Å². The molecule has 0 spiro atoms. The van der Waals surface area contributed by atoms with Crippen LogP contribution < -0.4 is 5.32 Å². The van der Waals surface area contributed by atoms with E-state index in [0.717, 1.165) is 32.5 Å². The molecule has 1 aromatic heterocycles. The normalized spacial score (nSPS) is 14.6. The summed E-state index contributed by atoms with van der Waals surface area (Å²) in [6.07, 6.45) is 2.20. The van der Waals surface area contributed by atoms with Crippen molar-refractivity contribution in [1.29, 1.82) is 0 Å². The second-order valence-electron chi connectivity index (χ2n) is 5.83. The van der Waals surface area contributed by atoms with Gasteiger partial charge < -0.3 is 10.1 Å². The molecule has 4 heteroatoms. The zero-order chi connectivity index (χ0) is 15.8. The smallest absolute Gasteiger partial charge is 0.0754 e. The third-order valence-corrected chi connectivity index (χ3v) is 3.88. The van der Waals surface area contributed by atoms with Gasteiger partial charge in [-0.15, -0.1) is 0 Å². The molecule has 1 aromatic rings. The molecule has 0 aromatic carbocycles. The number of aromatic nitrogens is 2.